The van der Waals surface area contributed by atoms with Crippen molar-refractivity contribution in [2.45, 2.75) is 190 Å². The second-order valence-corrected chi connectivity index (χ2v) is 7.08. The Morgan fingerprint density at radius 2 is 0.881 bits per heavy atom. The summed E-state index contributed by atoms with van der Waals surface area (Å²) in [6.07, 6.45) is 13.0. The van der Waals surface area contributed by atoms with Crippen LogP contribution in [-0.4, -0.2) is 29.8 Å². The Kier molecular flexibility index (Phi) is 227. The fraction of sp³-hybridized carbons (Fsp3) is 0.784. The number of allylic oxidation sites excluding steroid dienone is 3. The predicted octanol–water partition coefficient (Wildman–Crippen LogP) is 13.7. The molecule has 1 N–H and O–H groups in total. The average Bonchev–Trinajstić information content (AvgIpc) is 2.66. The maximum atomic E-state index is 10.4. The monoisotopic (exact) mass is 618 g/mol. The van der Waals surface area contributed by atoms with Gasteiger partial charge in [-0.2, -0.15) is 0 Å². The van der Waals surface area contributed by atoms with Crippen LogP contribution in [0.1, 0.15) is 190 Å². The van der Waals surface area contributed by atoms with Crippen molar-refractivity contribution < 1.29 is 19.2 Å². The molecule has 0 aliphatic rings. The molecule has 1 amide bonds. The highest BCUT2D eigenvalue weighted by Crippen LogP contribution is 2.05. The molecule has 0 fully saturated rings. The van der Waals surface area contributed by atoms with Crippen LogP contribution in [0, 0.1) is 5.92 Å². The van der Waals surface area contributed by atoms with E-state index in [1.807, 2.05) is 31.2 Å². The zero-order chi connectivity index (χ0) is 24.4. The van der Waals surface area contributed by atoms with Crippen molar-refractivity contribution in [2.24, 2.45) is 5.92 Å². The summed E-state index contributed by atoms with van der Waals surface area (Å²) in [5, 5.41) is 2.65. The minimum Gasteiger partial charge on any atom is -0.353 e. The SMILES string of the molecule is C.C.C.C.C.C.C.C.C.C.C.C.CCC(C)=O.CCC(C)CC(C)=O.CCC=CCC(C)=O.CCC=CCNC(C)=O. The van der Waals surface area contributed by atoms with Gasteiger partial charge in [0.05, 0.1) is 0 Å². The van der Waals surface area contributed by atoms with E-state index < -0.39 is 0 Å². The summed E-state index contributed by atoms with van der Waals surface area (Å²) in [6.45, 7) is 17.2. The molecular weight excluding hydrogens is 522 g/mol. The largest absolute Gasteiger partial charge is 0.353 e. The number of amides is 1. The molecule has 42 heavy (non-hydrogen) atoms. The molecule has 1 unspecified atom stereocenters. The topological polar surface area (TPSA) is 80.3 Å². The number of ketones is 3. The van der Waals surface area contributed by atoms with Crippen LogP contribution in [0.5, 0.6) is 0 Å². The van der Waals surface area contributed by atoms with E-state index in [1.54, 1.807) is 20.8 Å². The Labute approximate surface area is 274 Å². The highest BCUT2D eigenvalue weighted by molar-refractivity contribution is 5.77. The molecule has 5 nitrogen and oxygen atoms in total. The van der Waals surface area contributed by atoms with Gasteiger partial charge in [-0.05, 0) is 39.5 Å². The minimum atomic E-state index is 0. The van der Waals surface area contributed by atoms with Gasteiger partial charge in [0.2, 0.25) is 5.91 Å². The van der Waals surface area contributed by atoms with Gasteiger partial charge in [0.25, 0.3) is 0 Å². The summed E-state index contributed by atoms with van der Waals surface area (Å²) in [6, 6.07) is 0. The van der Waals surface area contributed by atoms with Gasteiger partial charge in [0.1, 0.15) is 17.3 Å². The molecule has 0 saturated heterocycles. The number of Topliss-reactive ketones (excluding diaryl/α,β-unsaturated/α-hetero) is 3. The maximum Gasteiger partial charge on any atom is 0.217 e. The van der Waals surface area contributed by atoms with Crippen LogP contribution in [0.15, 0.2) is 24.3 Å². The maximum absolute atomic E-state index is 10.4. The van der Waals surface area contributed by atoms with E-state index in [4.69, 9.17) is 0 Å². The van der Waals surface area contributed by atoms with Crippen molar-refractivity contribution in [3.05, 3.63) is 24.3 Å². The Morgan fingerprint density at radius 3 is 1.07 bits per heavy atom. The standard InChI is InChI=1S/C7H13NO.C7H14O.C7H12O.C4H8O.12CH4/c1-3-4-5-6-8-7(2)9;1-4-6(2)5-7(3)8;1-3-4-5-6-7(2)8;1-3-4(2)5;;;;;;;;;;;;/h4-5H,3,6H2,1-2H3,(H,8,9);6H,4-5H2,1-3H3;4-5H,3,6H2,1-2H3;3H2,1-2H3;12*1H4. The lowest BCUT2D eigenvalue weighted by Gasteiger charge is -2.01. The fourth-order valence-electron chi connectivity index (χ4n) is 1.50. The predicted molar refractivity (Wildman–Crippen MR) is 209 cm³/mol. The third kappa shape index (κ3) is 180. The van der Waals surface area contributed by atoms with Gasteiger partial charge >= 0.3 is 0 Å². The van der Waals surface area contributed by atoms with E-state index in [9.17, 15) is 19.2 Å². The summed E-state index contributed by atoms with van der Waals surface area (Å²) in [7, 11) is 0. The summed E-state index contributed by atoms with van der Waals surface area (Å²) in [5.74, 6) is 1.39. The molecule has 0 aromatic carbocycles. The van der Waals surface area contributed by atoms with Crippen molar-refractivity contribution in [3.8, 4) is 0 Å². The van der Waals surface area contributed by atoms with Crippen molar-refractivity contribution in [2.75, 3.05) is 6.54 Å². The molecule has 0 radical (unpaired) electrons. The number of hydrogen-bond donors (Lipinski definition) is 1. The first-order chi connectivity index (χ1) is 14.0. The summed E-state index contributed by atoms with van der Waals surface area (Å²) in [4.78, 5) is 40.8. The Morgan fingerprint density at radius 1 is 0.548 bits per heavy atom. The number of rotatable bonds is 10. The zero-order valence-corrected chi connectivity index (χ0v) is 21.0. The second-order valence-electron chi connectivity index (χ2n) is 7.08. The number of hydrogen-bond acceptors (Lipinski definition) is 4. The van der Waals surface area contributed by atoms with E-state index in [-0.39, 0.29) is 107 Å². The Hall–Kier alpha value is -2.04. The van der Waals surface area contributed by atoms with Crippen LogP contribution in [0.4, 0.5) is 0 Å². The van der Waals surface area contributed by atoms with E-state index >= 15 is 0 Å². The number of carbonyl (C=O) groups is 4. The van der Waals surface area contributed by atoms with E-state index in [0.717, 1.165) is 25.7 Å². The summed E-state index contributed by atoms with van der Waals surface area (Å²) >= 11 is 0. The third-order valence-electron chi connectivity index (χ3n) is 3.51. The fourth-order valence-corrected chi connectivity index (χ4v) is 1.50. The molecule has 5 heteroatoms. The first kappa shape index (κ1) is 106. The molecule has 1 atom stereocenters. The lowest BCUT2D eigenvalue weighted by molar-refractivity contribution is -0.119. The third-order valence-corrected chi connectivity index (χ3v) is 3.51. The van der Waals surface area contributed by atoms with Crippen LogP contribution in [0.25, 0.3) is 0 Å². The second kappa shape index (κ2) is 90.1. The molecule has 0 heterocycles. The molecule has 0 aromatic rings. The van der Waals surface area contributed by atoms with Crippen LogP contribution < -0.4 is 5.32 Å². The van der Waals surface area contributed by atoms with Crippen LogP contribution in [-0.2, 0) is 19.2 Å². The smallest absolute Gasteiger partial charge is 0.217 e. The van der Waals surface area contributed by atoms with E-state index in [0.29, 0.717) is 31.1 Å². The molecule has 0 aliphatic carbocycles. The molecule has 0 bridgehead atoms. The number of carbonyl (C=O) groups excluding carboxylic acids is 4. The van der Waals surface area contributed by atoms with E-state index in [2.05, 4.69) is 33.0 Å². The van der Waals surface area contributed by atoms with Crippen molar-refractivity contribution >= 4 is 23.3 Å². The summed E-state index contributed by atoms with van der Waals surface area (Å²) in [5.41, 5.74) is 0. The Balaban J connectivity index is -0.0000000142. The lowest BCUT2D eigenvalue weighted by atomic mass is 10.0. The molecule has 0 spiro atoms. The average molecular weight is 618 g/mol. The van der Waals surface area contributed by atoms with Gasteiger partial charge in [-0.1, -0.05) is 154 Å². The lowest BCUT2D eigenvalue weighted by Crippen LogP contribution is -2.19. The van der Waals surface area contributed by atoms with Gasteiger partial charge in [0, 0.05) is 32.7 Å². The zero-order valence-electron chi connectivity index (χ0n) is 21.0. The highest BCUT2D eigenvalue weighted by atomic mass is 16.1. The first-order valence-corrected chi connectivity index (χ1v) is 11.0. The van der Waals surface area contributed by atoms with Crippen LogP contribution >= 0.6 is 0 Å². The molecule has 0 rings (SSSR count). The van der Waals surface area contributed by atoms with Gasteiger partial charge in [-0.25, -0.2) is 0 Å². The van der Waals surface area contributed by atoms with Crippen LogP contribution in [0.2, 0.25) is 0 Å². The molecule has 0 aliphatic heterocycles. The van der Waals surface area contributed by atoms with Gasteiger partial charge < -0.3 is 14.9 Å². The van der Waals surface area contributed by atoms with Gasteiger partial charge in [0.15, 0.2) is 0 Å². The van der Waals surface area contributed by atoms with Gasteiger partial charge in [-0.3, -0.25) is 9.59 Å². The van der Waals surface area contributed by atoms with Crippen molar-refractivity contribution in [1.82, 2.24) is 5.32 Å². The summed E-state index contributed by atoms with van der Waals surface area (Å²) < 4.78 is 0. The van der Waals surface area contributed by atoms with Crippen molar-refractivity contribution in [1.29, 1.82) is 0 Å². The molecule has 272 valence electrons. The first-order valence-electron chi connectivity index (χ1n) is 11.0. The number of nitrogens with one attached hydrogen (secondary N) is 1. The molecule has 0 aromatic heterocycles. The minimum absolute atomic E-state index is 0. The normalized spacial score (nSPS) is 7.55. The highest BCUT2D eigenvalue weighted by Gasteiger charge is 2.00. The Bertz CT molecular complexity index is 496. The molecule has 0 saturated carbocycles. The van der Waals surface area contributed by atoms with Crippen molar-refractivity contribution in [3.63, 3.8) is 0 Å². The van der Waals surface area contributed by atoms with E-state index in [1.165, 1.54) is 6.92 Å². The van der Waals surface area contributed by atoms with Gasteiger partial charge in [-0.15, -0.1) is 0 Å². The van der Waals surface area contributed by atoms with Crippen LogP contribution in [0.3, 0.4) is 0 Å². The molecular formula is C37H95NO4. The quantitative estimate of drug-likeness (QED) is 0.247.